The molecule has 0 saturated carbocycles. The van der Waals surface area contributed by atoms with Crippen molar-refractivity contribution in [2.45, 2.75) is 44.6 Å². The Morgan fingerprint density at radius 3 is 2.89 bits per heavy atom. The fourth-order valence-corrected chi connectivity index (χ4v) is 4.18. The van der Waals surface area contributed by atoms with E-state index in [-0.39, 0.29) is 23.8 Å². The van der Waals surface area contributed by atoms with Crippen LogP contribution in [0.5, 0.6) is 0 Å². The van der Waals surface area contributed by atoms with Gasteiger partial charge in [0, 0.05) is 49.9 Å². The lowest BCUT2D eigenvalue weighted by atomic mass is 9.89. The first kappa shape index (κ1) is 17.8. The lowest BCUT2D eigenvalue weighted by Gasteiger charge is -2.39. The molecule has 2 aliphatic heterocycles. The van der Waals surface area contributed by atoms with Crippen LogP contribution < -0.4 is 5.32 Å². The van der Waals surface area contributed by atoms with Crippen molar-refractivity contribution in [3.05, 3.63) is 42.4 Å². The summed E-state index contributed by atoms with van der Waals surface area (Å²) in [7, 11) is 0. The van der Waals surface area contributed by atoms with Crippen LogP contribution in [0.3, 0.4) is 0 Å². The third-order valence-corrected chi connectivity index (χ3v) is 5.59. The number of aryl methyl sites for hydroxylation is 1. The minimum absolute atomic E-state index is 0.103. The highest BCUT2D eigenvalue weighted by atomic mass is 16.4. The number of carbonyl (C=O) groups is 2. The number of aromatic nitrogens is 1. The first-order chi connectivity index (χ1) is 13.2. The molecule has 0 bridgehead atoms. The smallest absolute Gasteiger partial charge is 0.223 e. The highest BCUT2D eigenvalue weighted by Crippen LogP contribution is 2.28. The maximum atomic E-state index is 12.8. The Hall–Kier alpha value is -2.63. The molecule has 1 N–H and O–H groups in total. The van der Waals surface area contributed by atoms with Crippen LogP contribution in [0, 0.1) is 5.92 Å². The largest absolute Gasteiger partial charge is 0.441 e. The number of amides is 2. The second-order valence-electron chi connectivity index (χ2n) is 7.40. The van der Waals surface area contributed by atoms with Gasteiger partial charge in [0.1, 0.15) is 0 Å². The molecule has 6 nitrogen and oxygen atoms in total. The van der Waals surface area contributed by atoms with E-state index >= 15 is 0 Å². The molecular formula is C21H25N3O3. The number of carbonyl (C=O) groups excluding carboxylic acids is 2. The van der Waals surface area contributed by atoms with Crippen LogP contribution in [0.4, 0.5) is 0 Å². The monoisotopic (exact) mass is 367 g/mol. The zero-order valence-electron chi connectivity index (χ0n) is 15.4. The summed E-state index contributed by atoms with van der Waals surface area (Å²) in [6.45, 7) is 1.47. The molecule has 0 radical (unpaired) electrons. The van der Waals surface area contributed by atoms with Crippen molar-refractivity contribution in [2.75, 3.05) is 13.1 Å². The van der Waals surface area contributed by atoms with Crippen LogP contribution in [0.2, 0.25) is 0 Å². The number of likely N-dealkylation sites (tertiary alicyclic amines) is 1. The number of hydrogen-bond donors (Lipinski definition) is 1. The molecule has 1 aromatic heterocycles. The van der Waals surface area contributed by atoms with Crippen LogP contribution in [-0.4, -0.2) is 40.8 Å². The molecule has 2 fully saturated rings. The quantitative estimate of drug-likeness (QED) is 0.882. The Labute approximate surface area is 159 Å². The summed E-state index contributed by atoms with van der Waals surface area (Å²) in [6.07, 6.45) is 6.29. The predicted octanol–water partition coefficient (Wildman–Crippen LogP) is 2.79. The lowest BCUT2D eigenvalue weighted by Crippen LogP contribution is -2.48. The molecule has 2 aromatic rings. The SMILES string of the molecule is O=C1CC(C2CCCCN2C(=O)CCc2ncc(-c3ccccc3)o2)CN1. The fraction of sp³-hybridized carbons (Fsp3) is 0.476. The van der Waals surface area contributed by atoms with Crippen molar-refractivity contribution in [1.29, 1.82) is 0 Å². The van der Waals surface area contributed by atoms with Gasteiger partial charge in [-0.25, -0.2) is 4.98 Å². The van der Waals surface area contributed by atoms with Gasteiger partial charge in [-0.2, -0.15) is 0 Å². The molecule has 0 spiro atoms. The van der Waals surface area contributed by atoms with E-state index in [1.54, 1.807) is 6.20 Å². The Bertz CT molecular complexity index is 802. The third-order valence-electron chi connectivity index (χ3n) is 5.59. The molecule has 4 rings (SSSR count). The van der Waals surface area contributed by atoms with Gasteiger partial charge in [0.05, 0.1) is 6.20 Å². The Balaban J connectivity index is 1.37. The molecule has 142 valence electrons. The number of nitrogens with zero attached hydrogens (tertiary/aromatic N) is 2. The van der Waals surface area contributed by atoms with Gasteiger partial charge in [-0.15, -0.1) is 0 Å². The number of rotatable bonds is 5. The molecule has 6 heteroatoms. The van der Waals surface area contributed by atoms with Gasteiger partial charge < -0.3 is 14.6 Å². The fourth-order valence-electron chi connectivity index (χ4n) is 4.18. The summed E-state index contributed by atoms with van der Waals surface area (Å²) < 4.78 is 5.81. The van der Waals surface area contributed by atoms with Crippen LogP contribution in [0.1, 0.15) is 38.0 Å². The summed E-state index contributed by atoms with van der Waals surface area (Å²) in [6, 6.07) is 10.0. The molecule has 2 atom stereocenters. The van der Waals surface area contributed by atoms with Gasteiger partial charge in [0.15, 0.2) is 11.7 Å². The topological polar surface area (TPSA) is 75.4 Å². The van der Waals surface area contributed by atoms with Crippen molar-refractivity contribution in [1.82, 2.24) is 15.2 Å². The predicted molar refractivity (Wildman–Crippen MR) is 101 cm³/mol. The van der Waals surface area contributed by atoms with Crippen LogP contribution in [-0.2, 0) is 16.0 Å². The number of nitrogens with one attached hydrogen (secondary N) is 1. The van der Waals surface area contributed by atoms with E-state index in [9.17, 15) is 9.59 Å². The van der Waals surface area contributed by atoms with Crippen LogP contribution >= 0.6 is 0 Å². The lowest BCUT2D eigenvalue weighted by molar-refractivity contribution is -0.136. The van der Waals surface area contributed by atoms with E-state index in [0.29, 0.717) is 31.7 Å². The van der Waals surface area contributed by atoms with Gasteiger partial charge in [-0.1, -0.05) is 30.3 Å². The van der Waals surface area contributed by atoms with Crippen LogP contribution in [0.15, 0.2) is 40.9 Å². The van der Waals surface area contributed by atoms with E-state index in [1.807, 2.05) is 35.2 Å². The molecule has 2 unspecified atom stereocenters. The molecule has 2 aliphatic rings. The molecule has 2 amide bonds. The molecular weight excluding hydrogens is 342 g/mol. The van der Waals surface area contributed by atoms with Gasteiger partial charge in [0.2, 0.25) is 11.8 Å². The highest BCUT2D eigenvalue weighted by Gasteiger charge is 2.36. The van der Waals surface area contributed by atoms with E-state index in [2.05, 4.69) is 10.3 Å². The van der Waals surface area contributed by atoms with Crippen molar-refractivity contribution in [3.63, 3.8) is 0 Å². The van der Waals surface area contributed by atoms with Crippen molar-refractivity contribution in [3.8, 4) is 11.3 Å². The minimum Gasteiger partial charge on any atom is -0.441 e. The summed E-state index contributed by atoms with van der Waals surface area (Å²) >= 11 is 0. The highest BCUT2D eigenvalue weighted by molar-refractivity contribution is 5.79. The van der Waals surface area contributed by atoms with Gasteiger partial charge in [0.25, 0.3) is 0 Å². The minimum atomic E-state index is 0.103. The number of hydrogen-bond acceptors (Lipinski definition) is 4. The van der Waals surface area contributed by atoms with Crippen molar-refractivity contribution < 1.29 is 14.0 Å². The molecule has 0 aliphatic carbocycles. The van der Waals surface area contributed by atoms with E-state index in [1.165, 1.54) is 0 Å². The number of oxazole rings is 1. The second-order valence-corrected chi connectivity index (χ2v) is 7.40. The van der Waals surface area contributed by atoms with Gasteiger partial charge in [-0.3, -0.25) is 9.59 Å². The Morgan fingerprint density at radius 1 is 1.26 bits per heavy atom. The summed E-state index contributed by atoms with van der Waals surface area (Å²) in [4.78, 5) is 30.7. The Morgan fingerprint density at radius 2 is 2.11 bits per heavy atom. The summed E-state index contributed by atoms with van der Waals surface area (Å²) in [5.41, 5.74) is 0.983. The average Bonchev–Trinajstić information content (AvgIpc) is 3.36. The van der Waals surface area contributed by atoms with Crippen LogP contribution in [0.25, 0.3) is 11.3 Å². The standard InChI is InChI=1S/C21H25N3O3/c25-19-12-16(13-22-19)17-8-4-5-11-24(17)21(26)10-9-20-23-14-18(27-20)15-6-2-1-3-7-15/h1-3,6-7,14,16-17H,4-5,8-13H2,(H,22,25). The normalized spacial score (nSPS) is 22.7. The van der Waals surface area contributed by atoms with E-state index < -0.39 is 0 Å². The summed E-state index contributed by atoms with van der Waals surface area (Å²) in [5.74, 6) is 1.80. The van der Waals surface area contributed by atoms with E-state index in [0.717, 1.165) is 37.1 Å². The van der Waals surface area contributed by atoms with Gasteiger partial charge >= 0.3 is 0 Å². The average molecular weight is 367 g/mol. The van der Waals surface area contributed by atoms with E-state index in [4.69, 9.17) is 4.42 Å². The molecule has 27 heavy (non-hydrogen) atoms. The number of piperidine rings is 1. The second kappa shape index (κ2) is 7.94. The zero-order chi connectivity index (χ0) is 18.6. The molecule has 2 saturated heterocycles. The zero-order valence-corrected chi connectivity index (χ0v) is 15.4. The number of benzene rings is 1. The van der Waals surface area contributed by atoms with Crippen molar-refractivity contribution >= 4 is 11.8 Å². The van der Waals surface area contributed by atoms with Gasteiger partial charge in [-0.05, 0) is 19.3 Å². The maximum absolute atomic E-state index is 12.8. The third kappa shape index (κ3) is 4.04. The Kier molecular flexibility index (Phi) is 5.23. The summed E-state index contributed by atoms with van der Waals surface area (Å²) in [5, 5.41) is 2.90. The maximum Gasteiger partial charge on any atom is 0.223 e. The molecule has 3 heterocycles. The van der Waals surface area contributed by atoms with Crippen molar-refractivity contribution in [2.24, 2.45) is 5.92 Å². The molecule has 1 aromatic carbocycles. The first-order valence-electron chi connectivity index (χ1n) is 9.77. The first-order valence-corrected chi connectivity index (χ1v) is 9.77.